The molecule has 18 heavy (non-hydrogen) atoms. The Balaban J connectivity index is 1.98. The van der Waals surface area contributed by atoms with E-state index >= 15 is 0 Å². The highest BCUT2D eigenvalue weighted by Gasteiger charge is 2.09. The van der Waals surface area contributed by atoms with Crippen molar-refractivity contribution in [2.45, 2.75) is 39.3 Å². The van der Waals surface area contributed by atoms with Gasteiger partial charge in [0.2, 0.25) is 0 Å². The van der Waals surface area contributed by atoms with Crippen molar-refractivity contribution in [2.24, 2.45) is 0 Å². The molecule has 3 heteroatoms. The molecule has 0 aliphatic rings. The maximum absolute atomic E-state index is 4.22. The van der Waals surface area contributed by atoms with Crippen LogP contribution >= 0.6 is 0 Å². The average molecular weight is 243 g/mol. The first-order chi connectivity index (χ1) is 8.79. The second-order valence-electron chi connectivity index (χ2n) is 4.63. The van der Waals surface area contributed by atoms with Gasteiger partial charge in [-0.25, -0.2) is 4.98 Å². The number of hydrogen-bond donors (Lipinski definition) is 2. The molecule has 2 rings (SSSR count). The Morgan fingerprint density at radius 3 is 2.67 bits per heavy atom. The van der Waals surface area contributed by atoms with E-state index in [1.807, 2.05) is 13.1 Å². The van der Waals surface area contributed by atoms with Crippen LogP contribution in [0.2, 0.25) is 0 Å². The van der Waals surface area contributed by atoms with E-state index in [9.17, 15) is 0 Å². The molecule has 96 valence electrons. The van der Waals surface area contributed by atoms with Crippen molar-refractivity contribution in [3.8, 4) is 0 Å². The summed E-state index contributed by atoms with van der Waals surface area (Å²) in [7, 11) is 0. The highest BCUT2D eigenvalue weighted by Crippen LogP contribution is 2.18. The van der Waals surface area contributed by atoms with E-state index in [4.69, 9.17) is 0 Å². The summed E-state index contributed by atoms with van der Waals surface area (Å²) in [5.74, 6) is 0.971. The zero-order valence-electron chi connectivity index (χ0n) is 11.1. The van der Waals surface area contributed by atoms with Crippen LogP contribution in [0.1, 0.15) is 42.9 Å². The molecule has 0 aliphatic heterocycles. The van der Waals surface area contributed by atoms with Gasteiger partial charge >= 0.3 is 0 Å². The van der Waals surface area contributed by atoms with Gasteiger partial charge in [-0.05, 0) is 18.9 Å². The van der Waals surface area contributed by atoms with Crippen LogP contribution in [0, 0.1) is 6.92 Å². The van der Waals surface area contributed by atoms with E-state index in [-0.39, 0.29) is 0 Å². The Hall–Kier alpha value is -1.61. The summed E-state index contributed by atoms with van der Waals surface area (Å²) in [4.78, 5) is 7.47. The first-order valence-corrected chi connectivity index (χ1v) is 6.58. The highest BCUT2D eigenvalue weighted by atomic mass is 15.0. The second-order valence-corrected chi connectivity index (χ2v) is 4.63. The number of benzene rings is 1. The SMILES string of the molecule is CCCC(NCc1cnc(C)[nH]1)c1ccccc1. The fraction of sp³-hybridized carbons (Fsp3) is 0.400. The van der Waals surface area contributed by atoms with Crippen molar-refractivity contribution >= 4 is 0 Å². The average Bonchev–Trinajstić information content (AvgIpc) is 2.81. The monoisotopic (exact) mass is 243 g/mol. The molecule has 3 nitrogen and oxygen atoms in total. The Kier molecular flexibility index (Phi) is 4.53. The van der Waals surface area contributed by atoms with Gasteiger partial charge in [0, 0.05) is 24.5 Å². The summed E-state index contributed by atoms with van der Waals surface area (Å²) in [5.41, 5.74) is 2.50. The van der Waals surface area contributed by atoms with Crippen molar-refractivity contribution in [1.82, 2.24) is 15.3 Å². The van der Waals surface area contributed by atoms with E-state index < -0.39 is 0 Å². The van der Waals surface area contributed by atoms with Crippen molar-refractivity contribution in [3.63, 3.8) is 0 Å². The quantitative estimate of drug-likeness (QED) is 0.817. The smallest absolute Gasteiger partial charge is 0.103 e. The number of imidazole rings is 1. The molecule has 0 bridgehead atoms. The Morgan fingerprint density at radius 1 is 1.28 bits per heavy atom. The van der Waals surface area contributed by atoms with Gasteiger partial charge in [0.15, 0.2) is 0 Å². The van der Waals surface area contributed by atoms with Crippen molar-refractivity contribution < 1.29 is 0 Å². The summed E-state index contributed by atoms with van der Waals surface area (Å²) in [6, 6.07) is 11.0. The third kappa shape index (κ3) is 3.44. The van der Waals surface area contributed by atoms with Crippen LogP contribution in [0.5, 0.6) is 0 Å². The van der Waals surface area contributed by atoms with Crippen molar-refractivity contribution in [1.29, 1.82) is 0 Å². The molecule has 1 aromatic heterocycles. The number of nitrogens with one attached hydrogen (secondary N) is 2. The van der Waals surface area contributed by atoms with Gasteiger partial charge in [0.1, 0.15) is 5.82 Å². The summed E-state index contributed by atoms with van der Waals surface area (Å²) in [6.45, 7) is 5.03. The minimum Gasteiger partial charge on any atom is -0.345 e. The molecule has 0 amide bonds. The minimum absolute atomic E-state index is 0.416. The van der Waals surface area contributed by atoms with Crippen LogP contribution in [0.4, 0.5) is 0 Å². The number of hydrogen-bond acceptors (Lipinski definition) is 2. The molecule has 1 atom stereocenters. The van der Waals surface area contributed by atoms with E-state index in [0.29, 0.717) is 6.04 Å². The van der Waals surface area contributed by atoms with Crippen molar-refractivity contribution in [3.05, 3.63) is 53.6 Å². The Labute approximate surface area is 109 Å². The van der Waals surface area contributed by atoms with Crippen LogP contribution in [0.15, 0.2) is 36.5 Å². The number of aromatic nitrogens is 2. The molecule has 0 fully saturated rings. The van der Waals surface area contributed by atoms with Crippen LogP contribution in [0.3, 0.4) is 0 Å². The maximum atomic E-state index is 4.22. The van der Waals surface area contributed by atoms with Crippen molar-refractivity contribution in [2.75, 3.05) is 0 Å². The second kappa shape index (κ2) is 6.36. The molecule has 0 spiro atoms. The lowest BCUT2D eigenvalue weighted by Gasteiger charge is -2.18. The lowest BCUT2D eigenvalue weighted by atomic mass is 10.0. The number of aryl methyl sites for hydroxylation is 1. The maximum Gasteiger partial charge on any atom is 0.103 e. The van der Waals surface area contributed by atoms with Gasteiger partial charge in [-0.15, -0.1) is 0 Å². The molecular formula is C15H21N3. The van der Waals surface area contributed by atoms with Gasteiger partial charge in [-0.2, -0.15) is 0 Å². The van der Waals surface area contributed by atoms with E-state index in [1.165, 1.54) is 12.0 Å². The lowest BCUT2D eigenvalue weighted by molar-refractivity contribution is 0.490. The van der Waals surface area contributed by atoms with Crippen LogP contribution in [0.25, 0.3) is 0 Å². The highest BCUT2D eigenvalue weighted by molar-refractivity contribution is 5.19. The first kappa shape index (κ1) is 12.8. The van der Waals surface area contributed by atoms with Crippen LogP contribution in [-0.2, 0) is 6.54 Å². The fourth-order valence-electron chi connectivity index (χ4n) is 2.16. The molecule has 2 N–H and O–H groups in total. The topological polar surface area (TPSA) is 40.7 Å². The molecule has 0 saturated carbocycles. The molecular weight excluding hydrogens is 222 g/mol. The molecule has 1 aromatic carbocycles. The zero-order chi connectivity index (χ0) is 12.8. The predicted octanol–water partition coefficient (Wildman–Crippen LogP) is 3.35. The molecule has 2 aromatic rings. The third-order valence-electron chi connectivity index (χ3n) is 3.07. The van der Waals surface area contributed by atoms with Gasteiger partial charge in [0.25, 0.3) is 0 Å². The summed E-state index contributed by atoms with van der Waals surface area (Å²) < 4.78 is 0. The predicted molar refractivity (Wildman–Crippen MR) is 74.3 cm³/mol. The van der Waals surface area contributed by atoms with E-state index in [1.54, 1.807) is 0 Å². The zero-order valence-corrected chi connectivity index (χ0v) is 11.1. The summed E-state index contributed by atoms with van der Waals surface area (Å²) in [6.07, 6.45) is 4.22. The van der Waals surface area contributed by atoms with Gasteiger partial charge < -0.3 is 10.3 Å². The summed E-state index contributed by atoms with van der Waals surface area (Å²) in [5, 5.41) is 3.60. The lowest BCUT2D eigenvalue weighted by Crippen LogP contribution is -2.21. The van der Waals surface area contributed by atoms with E-state index in [2.05, 4.69) is 52.5 Å². The normalized spacial score (nSPS) is 12.6. The minimum atomic E-state index is 0.416. The van der Waals surface area contributed by atoms with E-state index in [0.717, 1.165) is 24.5 Å². The van der Waals surface area contributed by atoms with Gasteiger partial charge in [0.05, 0.1) is 0 Å². The third-order valence-corrected chi connectivity index (χ3v) is 3.07. The number of rotatable bonds is 6. The molecule has 0 saturated heterocycles. The van der Waals surface area contributed by atoms with Gasteiger partial charge in [-0.1, -0.05) is 43.7 Å². The molecule has 0 aliphatic carbocycles. The largest absolute Gasteiger partial charge is 0.345 e. The standard InChI is InChI=1S/C15H21N3/c1-3-7-15(13-8-5-4-6-9-13)17-11-14-10-16-12(2)18-14/h4-6,8-10,15,17H,3,7,11H2,1-2H3,(H,16,18). The van der Waals surface area contributed by atoms with Gasteiger partial charge in [-0.3, -0.25) is 0 Å². The Bertz CT molecular complexity index is 462. The molecule has 1 heterocycles. The molecule has 1 unspecified atom stereocenters. The van der Waals surface area contributed by atoms with Crippen LogP contribution in [-0.4, -0.2) is 9.97 Å². The first-order valence-electron chi connectivity index (χ1n) is 6.58. The Morgan fingerprint density at radius 2 is 2.06 bits per heavy atom. The molecule has 0 radical (unpaired) electrons. The van der Waals surface area contributed by atoms with Crippen LogP contribution < -0.4 is 5.32 Å². The number of H-pyrrole nitrogens is 1. The number of aromatic amines is 1. The number of nitrogens with zero attached hydrogens (tertiary/aromatic N) is 1. The summed E-state index contributed by atoms with van der Waals surface area (Å²) >= 11 is 0. The fourth-order valence-corrected chi connectivity index (χ4v) is 2.16.